The number of methoxy groups -OCH3 is 1. The molecule has 3 rings (SSSR count). The van der Waals surface area contributed by atoms with Crippen LogP contribution in [-0.2, 0) is 0 Å². The van der Waals surface area contributed by atoms with Crippen LogP contribution >= 0.6 is 0 Å². The predicted octanol–water partition coefficient (Wildman–Crippen LogP) is 5.40. The average molecular weight is 341 g/mol. The van der Waals surface area contributed by atoms with E-state index in [-0.39, 0.29) is 5.57 Å². The number of rotatable bonds is 4. The summed E-state index contributed by atoms with van der Waals surface area (Å²) in [4.78, 5) is 3.46. The van der Waals surface area contributed by atoms with Crippen LogP contribution < -0.4 is 4.74 Å². The van der Waals surface area contributed by atoms with Crippen molar-refractivity contribution >= 4 is 17.0 Å². The number of aromatic nitrogens is 1. The van der Waals surface area contributed by atoms with Crippen molar-refractivity contribution < 1.29 is 4.74 Å². The SMILES string of the molecule is COc1ccc(-c2[nH]c3cc(C(C)C)ccc3c2C=C(C#N)C#N)cc1. The zero-order chi connectivity index (χ0) is 18.7. The Morgan fingerprint density at radius 2 is 1.77 bits per heavy atom. The van der Waals surface area contributed by atoms with E-state index in [4.69, 9.17) is 4.74 Å². The Hall–Kier alpha value is -3.50. The minimum atomic E-state index is 0.0774. The van der Waals surface area contributed by atoms with E-state index in [9.17, 15) is 10.5 Å². The molecule has 0 atom stereocenters. The maximum Gasteiger partial charge on any atom is 0.130 e. The van der Waals surface area contributed by atoms with Crippen molar-refractivity contribution in [2.45, 2.75) is 19.8 Å². The highest BCUT2D eigenvalue weighted by atomic mass is 16.5. The highest BCUT2D eigenvalue weighted by molar-refractivity contribution is 5.98. The zero-order valence-corrected chi connectivity index (χ0v) is 15.0. The first kappa shape index (κ1) is 17.3. The summed E-state index contributed by atoms with van der Waals surface area (Å²) in [5, 5.41) is 19.3. The van der Waals surface area contributed by atoms with E-state index in [0.717, 1.165) is 33.5 Å². The fraction of sp³-hybridized carbons (Fsp3) is 0.182. The van der Waals surface area contributed by atoms with Crippen molar-refractivity contribution in [3.8, 4) is 29.1 Å². The first-order chi connectivity index (χ1) is 12.6. The molecule has 0 unspecified atom stereocenters. The van der Waals surface area contributed by atoms with Crippen LogP contribution in [0.1, 0.15) is 30.9 Å². The average Bonchev–Trinajstić information content (AvgIpc) is 3.03. The lowest BCUT2D eigenvalue weighted by Crippen LogP contribution is -1.86. The van der Waals surface area contributed by atoms with Crippen LogP contribution in [-0.4, -0.2) is 12.1 Å². The molecule has 2 aromatic carbocycles. The highest BCUT2D eigenvalue weighted by Crippen LogP contribution is 2.34. The number of benzene rings is 2. The van der Waals surface area contributed by atoms with Crippen LogP contribution in [0, 0.1) is 22.7 Å². The molecule has 0 aliphatic carbocycles. The Morgan fingerprint density at radius 1 is 1.08 bits per heavy atom. The molecule has 0 saturated carbocycles. The first-order valence-corrected chi connectivity index (χ1v) is 8.39. The summed E-state index contributed by atoms with van der Waals surface area (Å²) in [7, 11) is 1.63. The number of H-pyrrole nitrogens is 1. The summed E-state index contributed by atoms with van der Waals surface area (Å²) in [5.74, 6) is 1.19. The molecular formula is C22H19N3O. The molecule has 0 aliphatic heterocycles. The fourth-order valence-corrected chi connectivity index (χ4v) is 2.97. The zero-order valence-electron chi connectivity index (χ0n) is 15.0. The van der Waals surface area contributed by atoms with Gasteiger partial charge in [-0.1, -0.05) is 26.0 Å². The molecule has 26 heavy (non-hydrogen) atoms. The van der Waals surface area contributed by atoms with Crippen LogP contribution in [0.3, 0.4) is 0 Å². The molecule has 1 N–H and O–H groups in total. The Balaban J connectivity index is 2.27. The molecule has 0 saturated heterocycles. The van der Waals surface area contributed by atoms with Gasteiger partial charge in [-0.25, -0.2) is 0 Å². The van der Waals surface area contributed by atoms with E-state index in [2.05, 4.69) is 31.0 Å². The first-order valence-electron chi connectivity index (χ1n) is 8.39. The molecule has 4 nitrogen and oxygen atoms in total. The maximum atomic E-state index is 9.18. The number of hydrogen-bond donors (Lipinski definition) is 1. The Bertz CT molecular complexity index is 1040. The van der Waals surface area contributed by atoms with Crippen LogP contribution in [0.4, 0.5) is 0 Å². The van der Waals surface area contributed by atoms with Crippen molar-refractivity contribution in [1.29, 1.82) is 10.5 Å². The van der Waals surface area contributed by atoms with Crippen LogP contribution in [0.5, 0.6) is 5.75 Å². The van der Waals surface area contributed by atoms with Gasteiger partial charge in [-0.15, -0.1) is 0 Å². The standard InChI is InChI=1S/C22H19N3O/c1-14(2)17-6-9-19-20(10-15(12-23)13-24)22(25-21(19)11-17)16-4-7-18(26-3)8-5-16/h4-11,14,25H,1-3H3. The van der Waals surface area contributed by atoms with E-state index in [1.54, 1.807) is 13.2 Å². The Morgan fingerprint density at radius 3 is 2.35 bits per heavy atom. The van der Waals surface area contributed by atoms with Gasteiger partial charge in [0, 0.05) is 16.5 Å². The van der Waals surface area contributed by atoms with Gasteiger partial charge < -0.3 is 9.72 Å². The molecule has 128 valence electrons. The lowest BCUT2D eigenvalue weighted by Gasteiger charge is -2.04. The van der Waals surface area contributed by atoms with E-state index >= 15 is 0 Å². The van der Waals surface area contributed by atoms with Gasteiger partial charge in [-0.05, 0) is 53.5 Å². The molecule has 0 fully saturated rings. The smallest absolute Gasteiger partial charge is 0.130 e. The van der Waals surface area contributed by atoms with Crippen molar-refractivity contribution in [3.05, 3.63) is 59.2 Å². The van der Waals surface area contributed by atoms with Gasteiger partial charge in [0.15, 0.2) is 0 Å². The molecule has 1 aromatic heterocycles. The monoisotopic (exact) mass is 341 g/mol. The van der Waals surface area contributed by atoms with Gasteiger partial charge in [0.25, 0.3) is 0 Å². The molecule has 0 radical (unpaired) electrons. The third-order valence-electron chi connectivity index (χ3n) is 4.44. The summed E-state index contributed by atoms with van der Waals surface area (Å²) < 4.78 is 5.23. The van der Waals surface area contributed by atoms with Crippen molar-refractivity contribution in [2.75, 3.05) is 7.11 Å². The molecule has 0 amide bonds. The van der Waals surface area contributed by atoms with E-state index in [1.165, 1.54) is 5.56 Å². The number of fused-ring (bicyclic) bond motifs is 1. The number of ether oxygens (including phenoxy) is 1. The number of nitrogens with one attached hydrogen (secondary N) is 1. The Kier molecular flexibility index (Phi) is 4.78. The van der Waals surface area contributed by atoms with Gasteiger partial charge in [0.05, 0.1) is 12.8 Å². The van der Waals surface area contributed by atoms with Gasteiger partial charge in [0.2, 0.25) is 0 Å². The van der Waals surface area contributed by atoms with E-state index in [0.29, 0.717) is 5.92 Å². The van der Waals surface area contributed by atoms with Crippen LogP contribution in [0.2, 0.25) is 0 Å². The second kappa shape index (κ2) is 7.17. The highest BCUT2D eigenvalue weighted by Gasteiger charge is 2.14. The summed E-state index contributed by atoms with van der Waals surface area (Å²) in [6.07, 6.45) is 1.65. The number of allylic oxidation sites excluding steroid dienone is 1. The van der Waals surface area contributed by atoms with Crippen molar-refractivity contribution in [3.63, 3.8) is 0 Å². The van der Waals surface area contributed by atoms with Crippen molar-refractivity contribution in [1.82, 2.24) is 4.98 Å². The van der Waals surface area contributed by atoms with Gasteiger partial charge in [0.1, 0.15) is 23.5 Å². The number of nitrogens with zero attached hydrogens (tertiary/aromatic N) is 2. The summed E-state index contributed by atoms with van der Waals surface area (Å²) in [6, 6.07) is 17.9. The minimum Gasteiger partial charge on any atom is -0.497 e. The summed E-state index contributed by atoms with van der Waals surface area (Å²) in [5.41, 5.74) is 4.99. The van der Waals surface area contributed by atoms with Crippen molar-refractivity contribution in [2.24, 2.45) is 0 Å². The van der Waals surface area contributed by atoms with Gasteiger partial charge in [-0.3, -0.25) is 0 Å². The molecule has 1 heterocycles. The van der Waals surface area contributed by atoms with Gasteiger partial charge >= 0.3 is 0 Å². The predicted molar refractivity (Wildman–Crippen MR) is 104 cm³/mol. The van der Waals surface area contributed by atoms with Gasteiger partial charge in [-0.2, -0.15) is 10.5 Å². The second-order valence-electron chi connectivity index (χ2n) is 6.38. The molecule has 4 heteroatoms. The lowest BCUT2D eigenvalue weighted by atomic mass is 9.99. The fourth-order valence-electron chi connectivity index (χ4n) is 2.97. The quantitative estimate of drug-likeness (QED) is 0.646. The molecular weight excluding hydrogens is 322 g/mol. The van der Waals surface area contributed by atoms with Crippen LogP contribution in [0.25, 0.3) is 28.2 Å². The molecule has 0 bridgehead atoms. The summed E-state index contributed by atoms with van der Waals surface area (Å²) in [6.45, 7) is 4.30. The normalized spacial score (nSPS) is 10.4. The number of hydrogen-bond acceptors (Lipinski definition) is 3. The molecule has 0 aliphatic rings. The van der Waals surface area contributed by atoms with Crippen LogP contribution in [0.15, 0.2) is 48.0 Å². The lowest BCUT2D eigenvalue weighted by molar-refractivity contribution is 0.415. The second-order valence-corrected chi connectivity index (χ2v) is 6.38. The third kappa shape index (κ3) is 3.18. The maximum absolute atomic E-state index is 9.18. The summed E-state index contributed by atoms with van der Waals surface area (Å²) >= 11 is 0. The largest absolute Gasteiger partial charge is 0.497 e. The molecule has 0 spiro atoms. The topological polar surface area (TPSA) is 72.6 Å². The minimum absolute atomic E-state index is 0.0774. The Labute approximate surface area is 153 Å². The van der Waals surface area contributed by atoms with E-state index < -0.39 is 0 Å². The number of nitriles is 2. The van der Waals surface area contributed by atoms with E-state index in [1.807, 2.05) is 42.5 Å². The molecule has 3 aromatic rings. The number of aromatic amines is 1. The third-order valence-corrected chi connectivity index (χ3v) is 4.44.